The van der Waals surface area contributed by atoms with Gasteiger partial charge in [-0.25, -0.2) is 9.37 Å². The monoisotopic (exact) mass is 459 g/mol. The molecule has 0 aromatic carbocycles. The van der Waals surface area contributed by atoms with E-state index in [1.807, 2.05) is 0 Å². The molecule has 26 heavy (non-hydrogen) atoms. The van der Waals surface area contributed by atoms with Crippen LogP contribution in [0.15, 0.2) is 10.1 Å². The first-order valence-corrected chi connectivity index (χ1v) is 10.7. The van der Waals surface area contributed by atoms with Gasteiger partial charge in [0.05, 0.1) is 12.1 Å². The molecule has 0 radical (unpaired) electrons. The fourth-order valence-corrected chi connectivity index (χ4v) is 5.35. The molecule has 2 aromatic heterocycles. The van der Waals surface area contributed by atoms with Crippen LogP contribution >= 0.6 is 38.6 Å². The number of carbonyl (C=O) groups excluding carboxylic acids is 2. The first kappa shape index (κ1) is 19.4. The Labute approximate surface area is 167 Å². The van der Waals surface area contributed by atoms with Crippen molar-refractivity contribution in [2.45, 2.75) is 51.7 Å². The van der Waals surface area contributed by atoms with Gasteiger partial charge >= 0.3 is 0 Å². The van der Waals surface area contributed by atoms with Crippen molar-refractivity contribution in [2.24, 2.45) is 0 Å². The number of rotatable bonds is 5. The third-order valence-electron chi connectivity index (χ3n) is 4.11. The van der Waals surface area contributed by atoms with E-state index >= 15 is 0 Å². The largest absolute Gasteiger partial charge is 0.347 e. The molecular weight excluding hydrogens is 441 g/mol. The first-order chi connectivity index (χ1) is 12.3. The van der Waals surface area contributed by atoms with Crippen molar-refractivity contribution in [1.29, 1.82) is 0 Å². The first-order valence-electron chi connectivity index (χ1n) is 8.29. The molecule has 3 rings (SSSR count). The van der Waals surface area contributed by atoms with Crippen molar-refractivity contribution in [3.05, 3.63) is 31.0 Å². The fraction of sp³-hybridized carbons (Fsp3) is 0.471. The number of thiazole rings is 1. The number of fused-ring (bicyclic) bond motifs is 1. The molecule has 9 heteroatoms. The Morgan fingerprint density at radius 1 is 1.31 bits per heavy atom. The molecule has 0 saturated carbocycles. The zero-order valence-corrected chi connectivity index (χ0v) is 17.7. The summed E-state index contributed by atoms with van der Waals surface area (Å²) in [6.45, 7) is 2.77. The maximum atomic E-state index is 13.9. The van der Waals surface area contributed by atoms with Gasteiger partial charge in [-0.1, -0.05) is 0 Å². The van der Waals surface area contributed by atoms with E-state index in [0.717, 1.165) is 44.9 Å². The number of carbonyl (C=O) groups is 2. The molecule has 2 heterocycles. The fourth-order valence-electron chi connectivity index (χ4n) is 2.77. The van der Waals surface area contributed by atoms with Crippen LogP contribution in [0.1, 0.15) is 52.4 Å². The van der Waals surface area contributed by atoms with Crippen molar-refractivity contribution < 1.29 is 14.0 Å². The molecule has 2 aromatic rings. The molecule has 0 bridgehead atoms. The Hall–Kier alpha value is -1.32. The SMILES string of the molecule is CC(C)(F)C(=O)Nc1sc2c(c1C(=O)NCc1cnc(Br)s1)CCCC2. The molecule has 2 amide bonds. The third kappa shape index (κ3) is 4.32. The number of anilines is 1. The maximum absolute atomic E-state index is 13.9. The number of hydrogen-bond donors (Lipinski definition) is 2. The predicted octanol–water partition coefficient (Wildman–Crippen LogP) is 4.46. The van der Waals surface area contributed by atoms with Crippen LogP contribution in [0.3, 0.4) is 0 Å². The highest BCUT2D eigenvalue weighted by Gasteiger charge is 2.31. The summed E-state index contributed by atoms with van der Waals surface area (Å²) in [4.78, 5) is 31.0. The lowest BCUT2D eigenvalue weighted by atomic mass is 9.95. The van der Waals surface area contributed by atoms with Gasteiger partial charge in [0.1, 0.15) is 5.00 Å². The molecule has 0 aliphatic heterocycles. The lowest BCUT2D eigenvalue weighted by Crippen LogP contribution is -2.33. The Kier molecular flexibility index (Phi) is 5.78. The van der Waals surface area contributed by atoms with Crippen molar-refractivity contribution in [1.82, 2.24) is 10.3 Å². The molecule has 0 saturated heterocycles. The topological polar surface area (TPSA) is 71.1 Å². The number of hydrogen-bond acceptors (Lipinski definition) is 5. The van der Waals surface area contributed by atoms with Gasteiger partial charge in [0.2, 0.25) is 0 Å². The quantitative estimate of drug-likeness (QED) is 0.692. The van der Waals surface area contributed by atoms with Gasteiger partial charge in [0, 0.05) is 16.0 Å². The molecule has 1 aliphatic rings. The van der Waals surface area contributed by atoms with Crippen molar-refractivity contribution >= 4 is 55.4 Å². The van der Waals surface area contributed by atoms with Crippen LogP contribution in [-0.4, -0.2) is 22.5 Å². The second-order valence-corrected chi connectivity index (χ2v) is 10.1. The number of halogens is 2. The van der Waals surface area contributed by atoms with E-state index in [-0.39, 0.29) is 5.91 Å². The minimum Gasteiger partial charge on any atom is -0.347 e. The molecular formula is C17H19BrFN3O2S2. The zero-order valence-electron chi connectivity index (χ0n) is 14.4. The summed E-state index contributed by atoms with van der Waals surface area (Å²) in [7, 11) is 0. The average Bonchev–Trinajstić information content (AvgIpc) is 3.14. The van der Waals surface area contributed by atoms with Crippen molar-refractivity contribution in [3.8, 4) is 0 Å². The number of aromatic nitrogens is 1. The van der Waals surface area contributed by atoms with E-state index in [9.17, 15) is 14.0 Å². The van der Waals surface area contributed by atoms with Gasteiger partial charge in [-0.3, -0.25) is 9.59 Å². The number of nitrogens with zero attached hydrogens (tertiary/aromatic N) is 1. The van der Waals surface area contributed by atoms with Gasteiger partial charge in [0.15, 0.2) is 9.59 Å². The molecule has 0 fully saturated rings. The predicted molar refractivity (Wildman–Crippen MR) is 106 cm³/mol. The minimum atomic E-state index is -2.01. The normalized spacial score (nSPS) is 14.0. The second-order valence-electron chi connectivity index (χ2n) is 6.60. The van der Waals surface area contributed by atoms with E-state index in [1.165, 1.54) is 36.5 Å². The average molecular weight is 460 g/mol. The molecule has 0 spiro atoms. The smallest absolute Gasteiger partial charge is 0.262 e. The van der Waals surface area contributed by atoms with Crippen LogP contribution in [0, 0.1) is 0 Å². The summed E-state index contributed by atoms with van der Waals surface area (Å²) in [5.41, 5.74) is -0.547. The van der Waals surface area contributed by atoms with Crippen LogP contribution in [0.25, 0.3) is 0 Å². The van der Waals surface area contributed by atoms with Gasteiger partial charge in [0.25, 0.3) is 11.8 Å². The number of aryl methyl sites for hydroxylation is 1. The molecule has 5 nitrogen and oxygen atoms in total. The Bertz CT molecular complexity index is 842. The van der Waals surface area contributed by atoms with Gasteiger partial charge in [-0.05, 0) is 61.0 Å². The van der Waals surface area contributed by atoms with Crippen LogP contribution in [-0.2, 0) is 24.2 Å². The number of nitrogens with one attached hydrogen (secondary N) is 2. The zero-order chi connectivity index (χ0) is 18.9. The Morgan fingerprint density at radius 2 is 2.04 bits per heavy atom. The summed E-state index contributed by atoms with van der Waals surface area (Å²) >= 11 is 6.13. The van der Waals surface area contributed by atoms with Crippen LogP contribution < -0.4 is 10.6 Å². The molecule has 0 atom stereocenters. The number of amides is 2. The maximum Gasteiger partial charge on any atom is 0.262 e. The lowest BCUT2D eigenvalue weighted by molar-refractivity contribution is -0.125. The molecule has 140 valence electrons. The second kappa shape index (κ2) is 7.74. The van der Waals surface area contributed by atoms with E-state index in [4.69, 9.17) is 0 Å². The Morgan fingerprint density at radius 3 is 2.69 bits per heavy atom. The summed E-state index contributed by atoms with van der Waals surface area (Å²) < 4.78 is 14.7. The summed E-state index contributed by atoms with van der Waals surface area (Å²) in [5, 5.41) is 5.95. The summed E-state index contributed by atoms with van der Waals surface area (Å²) in [5.74, 6) is -0.988. The van der Waals surface area contributed by atoms with Crippen LogP contribution in [0.4, 0.5) is 9.39 Å². The minimum absolute atomic E-state index is 0.249. The Balaban J connectivity index is 1.84. The van der Waals surface area contributed by atoms with Crippen molar-refractivity contribution in [3.63, 3.8) is 0 Å². The van der Waals surface area contributed by atoms with Crippen LogP contribution in [0.5, 0.6) is 0 Å². The molecule has 0 unspecified atom stereocenters. The van der Waals surface area contributed by atoms with E-state index in [2.05, 4.69) is 31.5 Å². The van der Waals surface area contributed by atoms with E-state index in [1.54, 1.807) is 6.20 Å². The van der Waals surface area contributed by atoms with E-state index in [0.29, 0.717) is 17.1 Å². The standard InChI is InChI=1S/C17H19BrFN3O2S2/c1-17(2,19)15(24)22-14-12(10-5-3-4-6-11(10)26-14)13(23)20-7-9-8-21-16(18)25-9/h8H,3-7H2,1-2H3,(H,20,23)(H,22,24). The highest BCUT2D eigenvalue weighted by atomic mass is 79.9. The van der Waals surface area contributed by atoms with Gasteiger partial charge < -0.3 is 10.6 Å². The molecule has 1 aliphatic carbocycles. The summed E-state index contributed by atoms with van der Waals surface area (Å²) in [6.07, 6.45) is 5.46. The van der Waals surface area contributed by atoms with Crippen molar-refractivity contribution in [2.75, 3.05) is 5.32 Å². The van der Waals surface area contributed by atoms with Gasteiger partial charge in [-0.15, -0.1) is 22.7 Å². The number of alkyl halides is 1. The lowest BCUT2D eigenvalue weighted by Gasteiger charge is -2.15. The highest BCUT2D eigenvalue weighted by Crippen LogP contribution is 2.38. The highest BCUT2D eigenvalue weighted by molar-refractivity contribution is 9.11. The number of thiophene rings is 1. The summed E-state index contributed by atoms with van der Waals surface area (Å²) in [6, 6.07) is 0. The van der Waals surface area contributed by atoms with Gasteiger partial charge in [-0.2, -0.15) is 0 Å². The van der Waals surface area contributed by atoms with Crippen LogP contribution in [0.2, 0.25) is 0 Å². The van der Waals surface area contributed by atoms with E-state index < -0.39 is 11.6 Å². The molecule has 2 N–H and O–H groups in total. The third-order valence-corrected chi connectivity index (χ3v) is 6.80.